The van der Waals surface area contributed by atoms with E-state index in [-0.39, 0.29) is 0 Å². The molecule has 0 unspecified atom stereocenters. The van der Waals surface area contributed by atoms with E-state index in [1.165, 1.54) is 0 Å². The molecule has 0 aromatic carbocycles. The Kier molecular flexibility index (Phi) is 3.28. The standard InChI is InChI=1S/C8H14N2O3S/c1-6-8(7(2)13-10-6)4-5-9-14(3,11)12/h9H,4-5H2,1-3H3. The number of nitrogens with zero attached hydrogens (tertiary/aromatic N) is 1. The molecule has 6 heteroatoms. The molecule has 0 atom stereocenters. The molecule has 0 aliphatic rings. The van der Waals surface area contributed by atoms with E-state index in [9.17, 15) is 8.42 Å². The molecule has 1 heterocycles. The van der Waals surface area contributed by atoms with Crippen molar-refractivity contribution in [2.24, 2.45) is 0 Å². The molecule has 0 aliphatic carbocycles. The molecule has 5 nitrogen and oxygen atoms in total. The molecule has 0 bridgehead atoms. The van der Waals surface area contributed by atoms with Crippen LogP contribution in [-0.4, -0.2) is 26.4 Å². The monoisotopic (exact) mass is 218 g/mol. The van der Waals surface area contributed by atoms with Crippen molar-refractivity contribution in [3.05, 3.63) is 17.0 Å². The highest BCUT2D eigenvalue weighted by Crippen LogP contribution is 2.11. The van der Waals surface area contributed by atoms with Crippen molar-refractivity contribution in [3.8, 4) is 0 Å². The maximum atomic E-state index is 10.8. The zero-order valence-corrected chi connectivity index (χ0v) is 9.31. The third-order valence-electron chi connectivity index (χ3n) is 1.92. The van der Waals surface area contributed by atoms with E-state index in [4.69, 9.17) is 4.52 Å². The molecule has 1 aromatic rings. The van der Waals surface area contributed by atoms with E-state index in [1.807, 2.05) is 13.8 Å². The highest BCUT2D eigenvalue weighted by Gasteiger charge is 2.09. The van der Waals surface area contributed by atoms with E-state index in [0.717, 1.165) is 23.3 Å². The predicted molar refractivity (Wildman–Crippen MR) is 52.5 cm³/mol. The van der Waals surface area contributed by atoms with E-state index in [0.29, 0.717) is 13.0 Å². The van der Waals surface area contributed by atoms with Crippen molar-refractivity contribution in [1.82, 2.24) is 9.88 Å². The zero-order valence-electron chi connectivity index (χ0n) is 8.49. The summed E-state index contributed by atoms with van der Waals surface area (Å²) >= 11 is 0. The van der Waals surface area contributed by atoms with Crippen LogP contribution in [0.15, 0.2) is 4.52 Å². The number of rotatable bonds is 4. The summed E-state index contributed by atoms with van der Waals surface area (Å²) in [5.74, 6) is 0.748. The Morgan fingerprint density at radius 3 is 2.50 bits per heavy atom. The van der Waals surface area contributed by atoms with Gasteiger partial charge in [0.25, 0.3) is 0 Å². The summed E-state index contributed by atoms with van der Waals surface area (Å²) in [7, 11) is -3.10. The van der Waals surface area contributed by atoms with Crippen LogP contribution >= 0.6 is 0 Å². The second-order valence-electron chi connectivity index (χ2n) is 3.22. The molecular formula is C8H14N2O3S. The lowest BCUT2D eigenvalue weighted by Gasteiger charge is -2.01. The van der Waals surface area contributed by atoms with Gasteiger partial charge in [0.1, 0.15) is 5.76 Å². The van der Waals surface area contributed by atoms with Gasteiger partial charge in [-0.1, -0.05) is 5.16 Å². The lowest BCUT2D eigenvalue weighted by Crippen LogP contribution is -2.24. The average Bonchev–Trinajstić information content (AvgIpc) is 2.33. The van der Waals surface area contributed by atoms with Gasteiger partial charge >= 0.3 is 0 Å². The molecule has 0 spiro atoms. The molecule has 0 saturated heterocycles. The summed E-state index contributed by atoms with van der Waals surface area (Å²) in [6.45, 7) is 4.03. The van der Waals surface area contributed by atoms with E-state index >= 15 is 0 Å². The minimum Gasteiger partial charge on any atom is -0.361 e. The number of sulfonamides is 1. The first-order valence-corrected chi connectivity index (χ1v) is 6.15. The van der Waals surface area contributed by atoms with Crippen molar-refractivity contribution in [1.29, 1.82) is 0 Å². The summed E-state index contributed by atoms with van der Waals surface area (Å²) in [5, 5.41) is 3.78. The number of hydrogen-bond donors (Lipinski definition) is 1. The maximum Gasteiger partial charge on any atom is 0.208 e. The van der Waals surface area contributed by atoms with Crippen LogP contribution in [0.4, 0.5) is 0 Å². The summed E-state index contributed by atoms with van der Waals surface area (Å²) < 4.78 is 28.9. The van der Waals surface area contributed by atoms with Crippen LogP contribution < -0.4 is 4.72 Å². The third-order valence-corrected chi connectivity index (χ3v) is 2.65. The van der Waals surface area contributed by atoms with Crippen LogP contribution in [0.5, 0.6) is 0 Å². The van der Waals surface area contributed by atoms with Gasteiger partial charge in [-0.15, -0.1) is 0 Å². The number of aryl methyl sites for hydroxylation is 2. The van der Waals surface area contributed by atoms with Crippen molar-refractivity contribution in [2.75, 3.05) is 12.8 Å². The number of hydrogen-bond acceptors (Lipinski definition) is 4. The first-order valence-electron chi connectivity index (χ1n) is 4.26. The molecule has 1 rings (SSSR count). The summed E-state index contributed by atoms with van der Waals surface area (Å²) in [5.41, 5.74) is 1.79. The van der Waals surface area contributed by atoms with E-state index < -0.39 is 10.0 Å². The van der Waals surface area contributed by atoms with Gasteiger partial charge in [-0.3, -0.25) is 0 Å². The summed E-state index contributed by atoms with van der Waals surface area (Å²) in [6.07, 6.45) is 1.74. The minimum atomic E-state index is -3.10. The van der Waals surface area contributed by atoms with Crippen LogP contribution in [0.1, 0.15) is 17.0 Å². The second-order valence-corrected chi connectivity index (χ2v) is 5.05. The van der Waals surface area contributed by atoms with Crippen LogP contribution in [0.3, 0.4) is 0 Å². The molecule has 1 aromatic heterocycles. The summed E-state index contributed by atoms with van der Waals surface area (Å²) in [4.78, 5) is 0. The Bertz CT molecular complexity index is 389. The second kappa shape index (κ2) is 4.10. The SMILES string of the molecule is Cc1noc(C)c1CCNS(C)(=O)=O. The smallest absolute Gasteiger partial charge is 0.208 e. The van der Waals surface area contributed by atoms with Crippen molar-refractivity contribution in [2.45, 2.75) is 20.3 Å². The Morgan fingerprint density at radius 2 is 2.07 bits per heavy atom. The normalized spacial score (nSPS) is 11.9. The Morgan fingerprint density at radius 1 is 1.43 bits per heavy atom. The fourth-order valence-electron chi connectivity index (χ4n) is 1.22. The lowest BCUT2D eigenvalue weighted by atomic mass is 10.1. The van der Waals surface area contributed by atoms with E-state index in [2.05, 4.69) is 9.88 Å². The lowest BCUT2D eigenvalue weighted by molar-refractivity contribution is 0.392. The number of aromatic nitrogens is 1. The Labute approximate surface area is 83.5 Å². The van der Waals surface area contributed by atoms with E-state index in [1.54, 1.807) is 0 Å². The van der Waals surface area contributed by atoms with Crippen LogP contribution in [0, 0.1) is 13.8 Å². The highest BCUT2D eigenvalue weighted by molar-refractivity contribution is 7.88. The quantitative estimate of drug-likeness (QED) is 0.793. The largest absolute Gasteiger partial charge is 0.361 e. The number of nitrogens with one attached hydrogen (secondary N) is 1. The van der Waals surface area contributed by atoms with Gasteiger partial charge in [-0.25, -0.2) is 13.1 Å². The van der Waals surface area contributed by atoms with Crippen LogP contribution in [0.2, 0.25) is 0 Å². The van der Waals surface area contributed by atoms with Crippen molar-refractivity contribution >= 4 is 10.0 Å². The zero-order chi connectivity index (χ0) is 10.8. The summed E-state index contributed by atoms with van der Waals surface area (Å²) in [6, 6.07) is 0. The molecule has 14 heavy (non-hydrogen) atoms. The van der Waals surface area contributed by atoms with Gasteiger partial charge in [0.05, 0.1) is 11.9 Å². The molecular weight excluding hydrogens is 204 g/mol. The van der Waals surface area contributed by atoms with Crippen LogP contribution in [-0.2, 0) is 16.4 Å². The van der Waals surface area contributed by atoms with Gasteiger partial charge in [0, 0.05) is 12.1 Å². The fourth-order valence-corrected chi connectivity index (χ4v) is 1.69. The molecule has 0 radical (unpaired) electrons. The highest BCUT2D eigenvalue weighted by atomic mass is 32.2. The van der Waals surface area contributed by atoms with Crippen molar-refractivity contribution < 1.29 is 12.9 Å². The maximum absolute atomic E-state index is 10.8. The molecule has 1 N–H and O–H groups in total. The molecule has 0 amide bonds. The first-order chi connectivity index (χ1) is 6.40. The molecule has 0 saturated carbocycles. The van der Waals surface area contributed by atoms with Gasteiger partial charge in [-0.2, -0.15) is 0 Å². The Balaban J connectivity index is 2.54. The van der Waals surface area contributed by atoms with Gasteiger partial charge < -0.3 is 4.52 Å². The molecule has 0 fully saturated rings. The third kappa shape index (κ3) is 3.12. The van der Waals surface area contributed by atoms with Gasteiger partial charge in [-0.05, 0) is 20.3 Å². The van der Waals surface area contributed by atoms with Gasteiger partial charge in [0.15, 0.2) is 0 Å². The fraction of sp³-hybridized carbons (Fsp3) is 0.625. The molecule has 0 aliphatic heterocycles. The first kappa shape index (κ1) is 11.2. The minimum absolute atomic E-state index is 0.377. The van der Waals surface area contributed by atoms with Crippen LogP contribution in [0.25, 0.3) is 0 Å². The Hall–Kier alpha value is -0.880. The average molecular weight is 218 g/mol. The van der Waals surface area contributed by atoms with Crippen molar-refractivity contribution in [3.63, 3.8) is 0 Å². The predicted octanol–water partition coefficient (Wildman–Crippen LogP) is 0.383. The van der Waals surface area contributed by atoms with Gasteiger partial charge in [0.2, 0.25) is 10.0 Å². The molecule has 80 valence electrons. The topological polar surface area (TPSA) is 72.2 Å².